The highest BCUT2D eigenvalue weighted by Crippen LogP contribution is 2.42. The molecule has 0 radical (unpaired) electrons. The monoisotopic (exact) mass is 430 g/mol. The Kier molecular flexibility index (Phi) is 4.62. The van der Waals surface area contributed by atoms with Gasteiger partial charge in [-0.15, -0.1) is 4.57 Å². The first-order valence-electron chi connectivity index (χ1n) is 11.2. The molecule has 4 aromatic carbocycles. The minimum Gasteiger partial charge on any atom is -0.400 e. The lowest BCUT2D eigenvalue weighted by Gasteiger charge is -2.18. The molecule has 0 aliphatic carbocycles. The van der Waals surface area contributed by atoms with Crippen LogP contribution in [0.4, 0.5) is 0 Å². The molecule has 1 atom stereocenters. The van der Waals surface area contributed by atoms with Crippen LogP contribution in [0.15, 0.2) is 103 Å². The van der Waals surface area contributed by atoms with Gasteiger partial charge in [0.2, 0.25) is 5.75 Å². The molecule has 0 bridgehead atoms. The number of benzene rings is 4. The third-order valence-electron chi connectivity index (χ3n) is 6.31. The van der Waals surface area contributed by atoms with Crippen molar-refractivity contribution in [3.8, 4) is 33.8 Å². The van der Waals surface area contributed by atoms with E-state index in [2.05, 4.69) is 97.3 Å². The summed E-state index contributed by atoms with van der Waals surface area (Å²) in [5.74, 6) is 1.66. The summed E-state index contributed by atoms with van der Waals surface area (Å²) in [4.78, 5) is 0. The molecule has 3 heteroatoms. The van der Waals surface area contributed by atoms with Crippen LogP contribution in [0.3, 0.4) is 0 Å². The zero-order valence-corrected chi connectivity index (χ0v) is 18.7. The van der Waals surface area contributed by atoms with Crippen molar-refractivity contribution in [3.05, 3.63) is 114 Å². The van der Waals surface area contributed by atoms with Crippen molar-refractivity contribution in [3.63, 3.8) is 0 Å². The average Bonchev–Trinajstić information content (AvgIpc) is 3.23. The predicted molar refractivity (Wildman–Crippen MR) is 131 cm³/mol. The number of nitrogens with zero attached hydrogens (tertiary/aromatic N) is 1. The highest BCUT2D eigenvalue weighted by Gasteiger charge is 2.39. The summed E-state index contributed by atoms with van der Waals surface area (Å²) in [7, 11) is 0. The van der Waals surface area contributed by atoms with Gasteiger partial charge in [0.1, 0.15) is 5.75 Å². The molecule has 0 saturated heterocycles. The summed E-state index contributed by atoms with van der Waals surface area (Å²) >= 11 is 0. The fourth-order valence-electron chi connectivity index (χ4n) is 4.79. The fraction of sp³-hybridized carbons (Fsp3) is 0.100. The van der Waals surface area contributed by atoms with Crippen LogP contribution in [0, 0.1) is 13.8 Å². The number of pyridine rings is 1. The maximum absolute atomic E-state index is 6.78. The van der Waals surface area contributed by atoms with E-state index in [9.17, 15) is 0 Å². The lowest BCUT2D eigenvalue weighted by Crippen LogP contribution is -2.45. The van der Waals surface area contributed by atoms with Gasteiger partial charge >= 0.3 is 6.41 Å². The van der Waals surface area contributed by atoms with E-state index >= 15 is 0 Å². The SMILES string of the molecule is Cc1cc(C)[n+]2c3c(cccc13)OC2Oc1c(-c2ccccc2)cccc1-c1ccccc1. The average molecular weight is 431 g/mol. The molecular formula is C30H24NO2+. The number of rotatable bonds is 4. The molecule has 1 unspecified atom stereocenters. The van der Waals surface area contributed by atoms with E-state index in [0.29, 0.717) is 0 Å². The van der Waals surface area contributed by atoms with Gasteiger partial charge in [-0.25, -0.2) is 0 Å². The highest BCUT2D eigenvalue weighted by molar-refractivity contribution is 5.85. The molecule has 0 saturated carbocycles. The number of hydrogen-bond donors (Lipinski definition) is 0. The number of aryl methyl sites for hydroxylation is 2. The Hall–Kier alpha value is -4.11. The van der Waals surface area contributed by atoms with E-state index in [1.807, 2.05) is 24.3 Å². The van der Waals surface area contributed by atoms with Gasteiger partial charge < -0.3 is 9.47 Å². The zero-order valence-electron chi connectivity index (χ0n) is 18.7. The molecule has 1 aliphatic rings. The van der Waals surface area contributed by atoms with Crippen LogP contribution >= 0.6 is 0 Å². The normalized spacial score (nSPS) is 14.3. The molecule has 160 valence electrons. The largest absolute Gasteiger partial charge is 0.468 e. The summed E-state index contributed by atoms with van der Waals surface area (Å²) in [5.41, 5.74) is 7.72. The minimum atomic E-state index is -0.585. The zero-order chi connectivity index (χ0) is 22.4. The van der Waals surface area contributed by atoms with Crippen LogP contribution in [-0.4, -0.2) is 0 Å². The lowest BCUT2D eigenvalue weighted by atomic mass is 9.97. The second kappa shape index (κ2) is 7.79. The molecule has 6 rings (SSSR count). The van der Waals surface area contributed by atoms with E-state index in [4.69, 9.17) is 9.47 Å². The molecule has 0 spiro atoms. The second-order valence-electron chi connectivity index (χ2n) is 8.45. The molecule has 33 heavy (non-hydrogen) atoms. The smallest absolute Gasteiger partial charge is 0.400 e. The summed E-state index contributed by atoms with van der Waals surface area (Å²) in [5, 5.41) is 1.18. The molecule has 2 heterocycles. The van der Waals surface area contributed by atoms with Crippen molar-refractivity contribution >= 4 is 10.9 Å². The molecule has 5 aromatic rings. The summed E-state index contributed by atoms with van der Waals surface area (Å²) in [6.45, 7) is 4.25. The third-order valence-corrected chi connectivity index (χ3v) is 6.31. The van der Waals surface area contributed by atoms with E-state index in [1.54, 1.807) is 0 Å². The molecule has 0 amide bonds. The Labute approximate surface area is 193 Å². The lowest BCUT2D eigenvalue weighted by molar-refractivity contribution is -0.758. The number of para-hydroxylation sites is 2. The van der Waals surface area contributed by atoms with Crippen LogP contribution in [-0.2, 0) is 0 Å². The second-order valence-corrected chi connectivity index (χ2v) is 8.45. The van der Waals surface area contributed by atoms with Crippen molar-refractivity contribution in [1.82, 2.24) is 0 Å². The minimum absolute atomic E-state index is 0.585. The van der Waals surface area contributed by atoms with E-state index in [0.717, 1.165) is 45.0 Å². The van der Waals surface area contributed by atoms with Gasteiger partial charge in [-0.1, -0.05) is 84.9 Å². The first-order chi connectivity index (χ1) is 16.2. The standard InChI is InChI=1S/C30H24NO2/c1-20-19-21(2)31-28-24(20)15-10-18-27(28)32-30(31)33-29-25(22-11-5-3-6-12-22)16-9-17-26(29)23-13-7-4-8-14-23/h3-19,30H,1-2H3/q+1. The van der Waals surface area contributed by atoms with Crippen LogP contribution in [0.5, 0.6) is 11.5 Å². The molecule has 0 N–H and O–H groups in total. The number of ether oxygens (including phenoxy) is 2. The topological polar surface area (TPSA) is 22.3 Å². The van der Waals surface area contributed by atoms with Gasteiger partial charge in [0, 0.05) is 24.1 Å². The maximum Gasteiger partial charge on any atom is 0.468 e. The van der Waals surface area contributed by atoms with Gasteiger partial charge in [-0.2, -0.15) is 0 Å². The van der Waals surface area contributed by atoms with Crippen LogP contribution in [0.1, 0.15) is 17.7 Å². The summed E-state index contributed by atoms with van der Waals surface area (Å²) in [6, 6.07) is 35.4. The van der Waals surface area contributed by atoms with Gasteiger partial charge in [0.05, 0.1) is 5.39 Å². The number of aromatic nitrogens is 1. The van der Waals surface area contributed by atoms with Crippen molar-refractivity contribution in [2.45, 2.75) is 20.3 Å². The Morgan fingerprint density at radius 3 is 1.94 bits per heavy atom. The van der Waals surface area contributed by atoms with E-state index in [-0.39, 0.29) is 0 Å². The van der Waals surface area contributed by atoms with E-state index in [1.165, 1.54) is 10.9 Å². The van der Waals surface area contributed by atoms with Crippen LogP contribution in [0.25, 0.3) is 33.2 Å². The molecule has 0 fully saturated rings. The Bertz CT molecular complexity index is 1420. The van der Waals surface area contributed by atoms with Gasteiger partial charge in [0.15, 0.2) is 5.69 Å². The van der Waals surface area contributed by atoms with Gasteiger partial charge in [0.25, 0.3) is 5.52 Å². The summed E-state index contributed by atoms with van der Waals surface area (Å²) < 4.78 is 15.3. The van der Waals surface area contributed by atoms with Crippen molar-refractivity contribution < 1.29 is 14.0 Å². The third kappa shape index (κ3) is 3.25. The van der Waals surface area contributed by atoms with E-state index < -0.39 is 6.41 Å². The molecule has 1 aromatic heterocycles. The van der Waals surface area contributed by atoms with Gasteiger partial charge in [-0.3, -0.25) is 0 Å². The maximum atomic E-state index is 6.78. The molecule has 1 aliphatic heterocycles. The van der Waals surface area contributed by atoms with Crippen molar-refractivity contribution in [2.75, 3.05) is 0 Å². The first kappa shape index (κ1) is 19.6. The fourth-order valence-corrected chi connectivity index (χ4v) is 4.79. The van der Waals surface area contributed by atoms with Crippen LogP contribution < -0.4 is 14.0 Å². The Balaban J connectivity index is 1.54. The highest BCUT2D eigenvalue weighted by atomic mass is 16.7. The number of hydrogen-bond acceptors (Lipinski definition) is 2. The Morgan fingerprint density at radius 1 is 0.697 bits per heavy atom. The molecular weight excluding hydrogens is 406 g/mol. The summed E-state index contributed by atoms with van der Waals surface area (Å²) in [6.07, 6.45) is -0.585. The van der Waals surface area contributed by atoms with Crippen molar-refractivity contribution in [1.29, 1.82) is 0 Å². The van der Waals surface area contributed by atoms with Crippen molar-refractivity contribution in [2.24, 2.45) is 0 Å². The predicted octanol–water partition coefficient (Wildman–Crippen LogP) is 7.01. The van der Waals surface area contributed by atoms with Gasteiger partial charge in [-0.05, 0) is 35.7 Å². The molecule has 3 nitrogen and oxygen atoms in total. The first-order valence-corrected chi connectivity index (χ1v) is 11.2. The quantitative estimate of drug-likeness (QED) is 0.286. The Morgan fingerprint density at radius 2 is 1.30 bits per heavy atom. The van der Waals surface area contributed by atoms with Crippen LogP contribution in [0.2, 0.25) is 0 Å².